The van der Waals surface area contributed by atoms with Crippen LogP contribution >= 0.6 is 0 Å². The molecule has 4 N–H and O–H groups in total. The highest BCUT2D eigenvalue weighted by atomic mass is 15.1. The van der Waals surface area contributed by atoms with Gasteiger partial charge in [0.05, 0.1) is 5.39 Å². The van der Waals surface area contributed by atoms with E-state index in [2.05, 4.69) is 38.3 Å². The Morgan fingerprint density at radius 3 is 2.95 bits per heavy atom. The molecule has 1 saturated heterocycles. The fourth-order valence-corrected chi connectivity index (χ4v) is 2.80. The molecule has 0 atom stereocenters. The Morgan fingerprint density at radius 2 is 2.20 bits per heavy atom. The number of rotatable bonds is 4. The van der Waals surface area contributed by atoms with Crippen LogP contribution in [0.5, 0.6) is 0 Å². The maximum absolute atomic E-state index is 5.96. The van der Waals surface area contributed by atoms with Crippen LogP contribution in [0.1, 0.15) is 25.3 Å². The van der Waals surface area contributed by atoms with Crippen molar-refractivity contribution in [3.8, 4) is 0 Å². The maximum Gasteiger partial charge on any atom is 0.143 e. The quantitative estimate of drug-likeness (QED) is 0.783. The van der Waals surface area contributed by atoms with E-state index >= 15 is 0 Å². The third-order valence-corrected chi connectivity index (χ3v) is 3.92. The summed E-state index contributed by atoms with van der Waals surface area (Å²) in [5.41, 5.74) is 8.12. The van der Waals surface area contributed by atoms with Crippen LogP contribution in [0.2, 0.25) is 0 Å². The highest BCUT2D eigenvalue weighted by Crippen LogP contribution is 2.25. The number of aromatic amines is 1. The zero-order chi connectivity index (χ0) is 13.9. The van der Waals surface area contributed by atoms with E-state index in [0.29, 0.717) is 6.04 Å². The number of nitrogens with zero attached hydrogens (tertiary/aromatic N) is 3. The fourth-order valence-electron chi connectivity index (χ4n) is 2.80. The molecule has 6 heteroatoms. The van der Waals surface area contributed by atoms with Crippen LogP contribution < -0.4 is 11.1 Å². The number of H-pyrrole nitrogens is 1. The summed E-state index contributed by atoms with van der Waals surface area (Å²) < 4.78 is 0. The van der Waals surface area contributed by atoms with Gasteiger partial charge in [0.2, 0.25) is 0 Å². The Hall–Kier alpha value is -1.66. The van der Waals surface area contributed by atoms with E-state index in [9.17, 15) is 0 Å². The van der Waals surface area contributed by atoms with Gasteiger partial charge in [0.15, 0.2) is 0 Å². The van der Waals surface area contributed by atoms with Gasteiger partial charge in [0.1, 0.15) is 17.8 Å². The van der Waals surface area contributed by atoms with Crippen molar-refractivity contribution < 1.29 is 0 Å². The minimum atomic E-state index is 0.370. The molecule has 6 nitrogen and oxygen atoms in total. The van der Waals surface area contributed by atoms with Gasteiger partial charge in [0, 0.05) is 25.3 Å². The fraction of sp³-hybridized carbons (Fsp3) is 0.571. The van der Waals surface area contributed by atoms with Gasteiger partial charge in [-0.15, -0.1) is 0 Å². The highest BCUT2D eigenvalue weighted by Gasteiger charge is 2.18. The minimum Gasteiger partial charge on any atom is -0.370 e. The molecule has 108 valence electrons. The van der Waals surface area contributed by atoms with E-state index in [1.165, 1.54) is 5.56 Å². The largest absolute Gasteiger partial charge is 0.370 e. The van der Waals surface area contributed by atoms with Crippen molar-refractivity contribution in [2.75, 3.05) is 25.0 Å². The number of piperidine rings is 1. The number of anilines is 1. The van der Waals surface area contributed by atoms with Crippen LogP contribution in [0.4, 0.5) is 5.82 Å². The summed E-state index contributed by atoms with van der Waals surface area (Å²) in [5.74, 6) is 0.919. The second-order valence-corrected chi connectivity index (χ2v) is 5.40. The summed E-state index contributed by atoms with van der Waals surface area (Å²) >= 11 is 0. The van der Waals surface area contributed by atoms with Crippen LogP contribution in [0, 0.1) is 0 Å². The Kier molecular flexibility index (Phi) is 3.84. The summed E-state index contributed by atoms with van der Waals surface area (Å²) in [5, 5.41) is 4.43. The van der Waals surface area contributed by atoms with Crippen molar-refractivity contribution in [2.24, 2.45) is 5.73 Å². The van der Waals surface area contributed by atoms with Gasteiger partial charge in [-0.3, -0.25) is 4.90 Å². The van der Waals surface area contributed by atoms with E-state index < -0.39 is 0 Å². The Balaban J connectivity index is 1.84. The van der Waals surface area contributed by atoms with Crippen LogP contribution in [0.3, 0.4) is 0 Å². The maximum atomic E-state index is 5.96. The molecule has 0 aliphatic carbocycles. The lowest BCUT2D eigenvalue weighted by Gasteiger charge is -2.29. The topological polar surface area (TPSA) is 82.9 Å². The lowest BCUT2D eigenvalue weighted by Crippen LogP contribution is -2.39. The molecule has 0 aromatic carbocycles. The zero-order valence-electron chi connectivity index (χ0n) is 11.9. The number of hydrogen-bond donors (Lipinski definition) is 3. The molecule has 1 fully saturated rings. The number of nitrogens with two attached hydrogens (primary N) is 1. The second-order valence-electron chi connectivity index (χ2n) is 5.40. The average molecular weight is 274 g/mol. The van der Waals surface area contributed by atoms with Crippen LogP contribution in [-0.2, 0) is 6.54 Å². The van der Waals surface area contributed by atoms with Gasteiger partial charge in [0.25, 0.3) is 0 Å². The molecule has 3 rings (SSSR count). The molecule has 0 bridgehead atoms. The number of likely N-dealkylation sites (tertiary alicyclic amines) is 1. The number of hydrogen-bond acceptors (Lipinski definition) is 5. The van der Waals surface area contributed by atoms with E-state index in [0.717, 1.165) is 55.9 Å². The van der Waals surface area contributed by atoms with Gasteiger partial charge in [-0.2, -0.15) is 0 Å². The first kappa shape index (κ1) is 13.3. The third kappa shape index (κ3) is 2.62. The minimum absolute atomic E-state index is 0.370. The summed E-state index contributed by atoms with van der Waals surface area (Å²) in [6.07, 6.45) is 5.81. The monoisotopic (exact) mass is 274 g/mol. The second kappa shape index (κ2) is 5.76. The molecule has 0 unspecified atom stereocenters. The summed E-state index contributed by atoms with van der Waals surface area (Å²) in [4.78, 5) is 14.4. The smallest absolute Gasteiger partial charge is 0.143 e. The molecule has 2 aromatic heterocycles. The molecule has 0 radical (unpaired) electrons. The number of aromatic nitrogens is 3. The molecular weight excluding hydrogens is 252 g/mol. The van der Waals surface area contributed by atoms with Crippen LogP contribution in [0.15, 0.2) is 12.5 Å². The van der Waals surface area contributed by atoms with Gasteiger partial charge >= 0.3 is 0 Å². The lowest BCUT2D eigenvalue weighted by atomic mass is 10.1. The normalized spacial score (nSPS) is 17.7. The van der Waals surface area contributed by atoms with E-state index in [-0.39, 0.29) is 0 Å². The first-order valence-corrected chi connectivity index (χ1v) is 7.30. The Bertz CT molecular complexity index is 570. The van der Waals surface area contributed by atoms with Crippen LogP contribution in [0.25, 0.3) is 11.0 Å². The van der Waals surface area contributed by atoms with Gasteiger partial charge < -0.3 is 16.0 Å². The van der Waals surface area contributed by atoms with E-state index in [1.54, 1.807) is 6.33 Å². The molecule has 0 saturated carbocycles. The van der Waals surface area contributed by atoms with E-state index in [4.69, 9.17) is 5.73 Å². The molecule has 1 aliphatic heterocycles. The summed E-state index contributed by atoms with van der Waals surface area (Å²) in [6, 6.07) is 0.370. The lowest BCUT2D eigenvalue weighted by molar-refractivity contribution is 0.206. The van der Waals surface area contributed by atoms with Gasteiger partial charge in [-0.05, 0) is 38.4 Å². The van der Waals surface area contributed by atoms with Crippen LogP contribution in [-0.4, -0.2) is 45.5 Å². The van der Waals surface area contributed by atoms with Crippen molar-refractivity contribution >= 4 is 16.9 Å². The standard InChI is InChI=1S/C14H22N6/c1-2-16-13-12-10(7-17-14(12)19-9-18-13)8-20-5-3-11(15)4-6-20/h7,9,11H,2-6,8,15H2,1H3,(H2,16,17,18,19). The molecule has 0 spiro atoms. The van der Waals surface area contributed by atoms with Crippen molar-refractivity contribution in [3.05, 3.63) is 18.1 Å². The first-order valence-electron chi connectivity index (χ1n) is 7.30. The average Bonchev–Trinajstić information content (AvgIpc) is 2.86. The van der Waals surface area contributed by atoms with E-state index in [1.807, 2.05) is 0 Å². The highest BCUT2D eigenvalue weighted by molar-refractivity contribution is 5.90. The zero-order valence-corrected chi connectivity index (χ0v) is 11.9. The molecule has 2 aromatic rings. The number of nitrogens with one attached hydrogen (secondary N) is 2. The van der Waals surface area contributed by atoms with Gasteiger partial charge in [-0.1, -0.05) is 0 Å². The SMILES string of the molecule is CCNc1ncnc2[nH]cc(CN3CCC(N)CC3)c12. The third-order valence-electron chi connectivity index (χ3n) is 3.92. The molecule has 0 amide bonds. The van der Waals surface area contributed by atoms with Crippen molar-refractivity contribution in [1.29, 1.82) is 0 Å². The molecule has 20 heavy (non-hydrogen) atoms. The predicted molar refractivity (Wildman–Crippen MR) is 80.5 cm³/mol. The molecule has 1 aliphatic rings. The summed E-state index contributed by atoms with van der Waals surface area (Å²) in [7, 11) is 0. The molecule has 3 heterocycles. The Labute approximate surface area is 118 Å². The van der Waals surface area contributed by atoms with Gasteiger partial charge in [-0.25, -0.2) is 9.97 Å². The molecular formula is C14H22N6. The first-order chi connectivity index (χ1) is 9.78. The number of fused-ring (bicyclic) bond motifs is 1. The predicted octanol–water partition coefficient (Wildman–Crippen LogP) is 1.31. The summed E-state index contributed by atoms with van der Waals surface area (Å²) in [6.45, 7) is 6.00. The van der Waals surface area contributed by atoms with Crippen molar-refractivity contribution in [2.45, 2.75) is 32.4 Å². The Morgan fingerprint density at radius 1 is 1.40 bits per heavy atom. The van der Waals surface area contributed by atoms with Crippen molar-refractivity contribution in [3.63, 3.8) is 0 Å². The van der Waals surface area contributed by atoms with Crippen molar-refractivity contribution in [1.82, 2.24) is 19.9 Å².